The van der Waals surface area contributed by atoms with Crippen molar-refractivity contribution in [2.45, 2.75) is 70.8 Å². The van der Waals surface area contributed by atoms with Crippen molar-refractivity contribution in [2.75, 3.05) is 20.2 Å². The first kappa shape index (κ1) is 19.2. The number of unbranched alkanes of at least 4 members (excludes halogenated alkanes) is 1. The average molecular weight is 360 g/mol. The number of hydrogen-bond donors (Lipinski definition) is 1. The predicted molar refractivity (Wildman–Crippen MR) is 104 cm³/mol. The van der Waals surface area contributed by atoms with Crippen LogP contribution in [-0.2, 0) is 16.6 Å². The molecule has 1 fully saturated rings. The second-order valence-corrected chi connectivity index (χ2v) is 8.27. The molecule has 1 N–H and O–H groups in total. The normalized spacial score (nSPS) is 28.0. The van der Waals surface area contributed by atoms with E-state index in [-0.39, 0.29) is 11.2 Å². The maximum absolute atomic E-state index is 12.4. The quantitative estimate of drug-likeness (QED) is 0.778. The summed E-state index contributed by atoms with van der Waals surface area (Å²) >= 11 is 0. The van der Waals surface area contributed by atoms with Crippen LogP contribution in [0.4, 0.5) is 0 Å². The Hall–Kier alpha value is -1.55. The Labute approximate surface area is 157 Å². The lowest BCUT2D eigenvalue weighted by atomic mass is 9.56. The number of phenolic OH excluding ortho intramolecular Hbond substituents is 1. The zero-order valence-electron chi connectivity index (χ0n) is 16.7. The lowest BCUT2D eigenvalue weighted by Gasteiger charge is -2.52. The molecule has 0 amide bonds. The fourth-order valence-corrected chi connectivity index (χ4v) is 5.08. The topological polar surface area (TPSA) is 49.8 Å². The van der Waals surface area contributed by atoms with E-state index in [1.807, 2.05) is 6.07 Å². The second kappa shape index (κ2) is 7.59. The molecule has 0 aromatic heterocycles. The van der Waals surface area contributed by atoms with Crippen molar-refractivity contribution in [3.8, 4) is 11.5 Å². The minimum Gasteiger partial charge on any atom is -0.504 e. The van der Waals surface area contributed by atoms with Gasteiger partial charge < -0.3 is 14.7 Å². The van der Waals surface area contributed by atoms with Gasteiger partial charge in [0.15, 0.2) is 11.5 Å². The van der Waals surface area contributed by atoms with Gasteiger partial charge in [0.1, 0.15) is 5.78 Å². The van der Waals surface area contributed by atoms with Crippen LogP contribution in [0.3, 0.4) is 0 Å². The third kappa shape index (κ3) is 3.24. The molecule has 0 bridgehead atoms. The zero-order valence-corrected chi connectivity index (χ0v) is 16.7. The van der Waals surface area contributed by atoms with Gasteiger partial charge in [0, 0.05) is 29.9 Å². The number of benzene rings is 1. The predicted octanol–water partition coefficient (Wildman–Crippen LogP) is 4.07. The molecule has 1 saturated carbocycles. The van der Waals surface area contributed by atoms with Crippen molar-refractivity contribution in [1.29, 1.82) is 0 Å². The number of ether oxygens (including phenoxy) is 1. The Kier molecular flexibility index (Phi) is 5.61. The van der Waals surface area contributed by atoms with Gasteiger partial charge in [0.05, 0.1) is 6.61 Å². The van der Waals surface area contributed by atoms with Gasteiger partial charge in [-0.15, -0.1) is 0 Å². The fourth-order valence-electron chi connectivity index (χ4n) is 5.08. The van der Waals surface area contributed by atoms with Crippen LogP contribution < -0.4 is 4.74 Å². The molecule has 1 aromatic rings. The molecule has 3 atom stereocenters. The average Bonchev–Trinajstić information content (AvgIpc) is 2.61. The molecule has 2 aliphatic rings. The summed E-state index contributed by atoms with van der Waals surface area (Å²) in [5.41, 5.74) is 1.82. The largest absolute Gasteiger partial charge is 0.504 e. The van der Waals surface area contributed by atoms with Crippen molar-refractivity contribution < 1.29 is 14.6 Å². The molecule has 0 spiro atoms. The number of aromatic hydroxyl groups is 1. The van der Waals surface area contributed by atoms with Crippen molar-refractivity contribution in [3.63, 3.8) is 0 Å². The van der Waals surface area contributed by atoms with Crippen LogP contribution in [0.15, 0.2) is 12.1 Å². The van der Waals surface area contributed by atoms with Crippen LogP contribution in [0, 0.1) is 5.92 Å². The summed E-state index contributed by atoms with van der Waals surface area (Å²) in [7, 11) is 2.18. The van der Waals surface area contributed by atoms with E-state index < -0.39 is 0 Å². The van der Waals surface area contributed by atoms with E-state index in [4.69, 9.17) is 4.74 Å². The summed E-state index contributed by atoms with van der Waals surface area (Å²) in [6.07, 6.45) is 5.05. The highest BCUT2D eigenvalue weighted by atomic mass is 16.5. The Morgan fingerprint density at radius 3 is 2.81 bits per heavy atom. The van der Waals surface area contributed by atoms with Gasteiger partial charge in [-0.05, 0) is 50.4 Å². The molecule has 4 heteroatoms. The molecular formula is C22H33NO3. The Morgan fingerprint density at radius 1 is 1.35 bits per heavy atom. The minimum atomic E-state index is -0.314. The smallest absolute Gasteiger partial charge is 0.161 e. The van der Waals surface area contributed by atoms with Crippen molar-refractivity contribution in [1.82, 2.24) is 4.90 Å². The van der Waals surface area contributed by atoms with Crippen molar-refractivity contribution in [3.05, 3.63) is 23.3 Å². The molecular weight excluding hydrogens is 326 g/mol. The highest BCUT2D eigenvalue weighted by Gasteiger charge is 2.51. The molecule has 4 nitrogen and oxygen atoms in total. The maximum atomic E-state index is 12.4. The lowest BCUT2D eigenvalue weighted by Crippen LogP contribution is -2.54. The number of rotatable bonds is 6. The van der Waals surface area contributed by atoms with E-state index in [2.05, 4.69) is 38.8 Å². The Balaban J connectivity index is 2.05. The van der Waals surface area contributed by atoms with Crippen LogP contribution in [0.1, 0.15) is 64.0 Å². The summed E-state index contributed by atoms with van der Waals surface area (Å²) in [6, 6.07) is 4.42. The zero-order chi connectivity index (χ0) is 18.9. The standard InChI is InChI=1S/C22H33NO3/c1-5-7-12-26-19-11-8-15-13-18(23(4)6-2)17-10-9-16(24)14-22(17,3)20(15)21(19)25/h8,11,17-18,25H,5-7,9-10,12-14H2,1-4H3/t17-,18+,22-/m0/s1. The van der Waals surface area contributed by atoms with Gasteiger partial charge >= 0.3 is 0 Å². The SMILES string of the molecule is CCCCOc1ccc2c(c1O)[C@@]1(C)CC(=O)CC[C@H]1[C@H](N(C)CC)C2. The third-order valence-electron chi connectivity index (χ3n) is 6.63. The fraction of sp³-hybridized carbons (Fsp3) is 0.682. The minimum absolute atomic E-state index is 0.262. The highest BCUT2D eigenvalue weighted by Crippen LogP contribution is 2.54. The van der Waals surface area contributed by atoms with Gasteiger partial charge in [0.25, 0.3) is 0 Å². The van der Waals surface area contributed by atoms with Crippen molar-refractivity contribution in [2.24, 2.45) is 5.92 Å². The molecule has 26 heavy (non-hydrogen) atoms. The second-order valence-electron chi connectivity index (χ2n) is 8.27. The summed E-state index contributed by atoms with van der Waals surface area (Å²) in [4.78, 5) is 14.8. The molecule has 2 aliphatic carbocycles. The number of phenols is 1. The van der Waals surface area contributed by atoms with E-state index in [1.165, 1.54) is 5.56 Å². The van der Waals surface area contributed by atoms with Crippen molar-refractivity contribution >= 4 is 5.78 Å². The molecule has 144 valence electrons. The number of nitrogens with zero attached hydrogens (tertiary/aromatic N) is 1. The summed E-state index contributed by atoms with van der Waals surface area (Å²) in [5, 5.41) is 11.1. The van der Waals surface area contributed by atoms with Crippen LogP contribution in [0.2, 0.25) is 0 Å². The first-order chi connectivity index (χ1) is 12.4. The van der Waals surface area contributed by atoms with Gasteiger partial charge in [-0.3, -0.25) is 4.79 Å². The molecule has 0 radical (unpaired) electrons. The lowest BCUT2D eigenvalue weighted by molar-refractivity contribution is -0.124. The van der Waals surface area contributed by atoms with E-state index in [0.29, 0.717) is 42.9 Å². The molecule has 1 aromatic carbocycles. The van der Waals surface area contributed by atoms with Crippen LogP contribution >= 0.6 is 0 Å². The first-order valence-electron chi connectivity index (χ1n) is 10.1. The summed E-state index contributed by atoms with van der Waals surface area (Å²) in [6.45, 7) is 8.09. The van der Waals surface area contributed by atoms with E-state index >= 15 is 0 Å². The number of carbonyl (C=O) groups excluding carboxylic acids is 1. The monoisotopic (exact) mass is 359 g/mol. The van der Waals surface area contributed by atoms with Crippen LogP contribution in [-0.4, -0.2) is 42.0 Å². The number of ketones is 1. The van der Waals surface area contributed by atoms with Gasteiger partial charge in [-0.25, -0.2) is 0 Å². The Bertz CT molecular complexity index is 672. The highest BCUT2D eigenvalue weighted by molar-refractivity contribution is 5.82. The molecule has 0 unspecified atom stereocenters. The van der Waals surface area contributed by atoms with E-state index in [0.717, 1.165) is 37.8 Å². The number of fused-ring (bicyclic) bond motifs is 3. The molecule has 0 heterocycles. The number of carbonyl (C=O) groups is 1. The summed E-state index contributed by atoms with van der Waals surface area (Å²) in [5.74, 6) is 1.52. The van der Waals surface area contributed by atoms with Gasteiger partial charge in [-0.1, -0.05) is 33.3 Å². The van der Waals surface area contributed by atoms with Gasteiger partial charge in [-0.2, -0.15) is 0 Å². The van der Waals surface area contributed by atoms with E-state index in [1.54, 1.807) is 0 Å². The van der Waals surface area contributed by atoms with Crippen LogP contribution in [0.5, 0.6) is 11.5 Å². The molecule has 0 saturated heterocycles. The first-order valence-corrected chi connectivity index (χ1v) is 10.1. The number of hydrogen-bond acceptors (Lipinski definition) is 4. The number of Topliss-reactive ketones (excluding diaryl/α,β-unsaturated/α-hetero) is 1. The maximum Gasteiger partial charge on any atom is 0.161 e. The summed E-state index contributed by atoms with van der Waals surface area (Å²) < 4.78 is 5.84. The molecule has 0 aliphatic heterocycles. The van der Waals surface area contributed by atoms with E-state index in [9.17, 15) is 9.90 Å². The Morgan fingerprint density at radius 2 is 2.12 bits per heavy atom. The number of likely N-dealkylation sites (N-methyl/N-ethyl adjacent to an activating group) is 1. The third-order valence-corrected chi connectivity index (χ3v) is 6.63. The van der Waals surface area contributed by atoms with Crippen LogP contribution in [0.25, 0.3) is 0 Å². The van der Waals surface area contributed by atoms with Gasteiger partial charge in [0.2, 0.25) is 0 Å². The molecule has 3 rings (SSSR count).